The number of rotatable bonds is 6. The second kappa shape index (κ2) is 9.48. The molecule has 0 bridgehead atoms. The molecular weight excluding hydrogens is 344 g/mol. The summed E-state index contributed by atoms with van der Waals surface area (Å²) in [5.41, 5.74) is 1.21. The number of hydrogen-bond acceptors (Lipinski definition) is 4. The maximum atomic E-state index is 5.78. The van der Waals surface area contributed by atoms with Crippen LogP contribution in [0.4, 0.5) is 5.00 Å². The molecule has 2 aromatic rings. The molecule has 1 aliphatic rings. The summed E-state index contributed by atoms with van der Waals surface area (Å²) in [6.07, 6.45) is 2.25. The Labute approximate surface area is 160 Å². The minimum absolute atomic E-state index is 0.468. The van der Waals surface area contributed by atoms with Crippen molar-refractivity contribution in [3.8, 4) is 5.75 Å². The van der Waals surface area contributed by atoms with Crippen LogP contribution >= 0.6 is 11.3 Å². The quantitative estimate of drug-likeness (QED) is 0.464. The minimum Gasteiger partial charge on any atom is -0.492 e. The number of guanidine groups is 1. The van der Waals surface area contributed by atoms with Crippen molar-refractivity contribution in [2.75, 3.05) is 38.2 Å². The van der Waals surface area contributed by atoms with Gasteiger partial charge in [-0.05, 0) is 55.0 Å². The Kier molecular flexibility index (Phi) is 6.77. The van der Waals surface area contributed by atoms with E-state index in [9.17, 15) is 0 Å². The number of hydrogen-bond donors (Lipinski definition) is 2. The smallest absolute Gasteiger partial charge is 0.191 e. The highest BCUT2D eigenvalue weighted by Gasteiger charge is 2.20. The van der Waals surface area contributed by atoms with Gasteiger partial charge in [-0.15, -0.1) is 11.3 Å². The first-order valence-corrected chi connectivity index (χ1v) is 10.1. The van der Waals surface area contributed by atoms with Crippen molar-refractivity contribution < 1.29 is 4.74 Å². The molecule has 0 saturated carbocycles. The Morgan fingerprint density at radius 1 is 1.27 bits per heavy atom. The van der Waals surface area contributed by atoms with Crippen LogP contribution in [0.15, 0.2) is 46.8 Å². The van der Waals surface area contributed by atoms with E-state index in [2.05, 4.69) is 57.1 Å². The maximum absolute atomic E-state index is 5.78. The molecule has 0 atom stereocenters. The summed E-state index contributed by atoms with van der Waals surface area (Å²) >= 11 is 1.82. The molecule has 1 aliphatic heterocycles. The molecule has 26 heavy (non-hydrogen) atoms. The minimum atomic E-state index is 0.468. The number of nitrogens with one attached hydrogen (secondary N) is 2. The van der Waals surface area contributed by atoms with Gasteiger partial charge >= 0.3 is 0 Å². The molecule has 5 nitrogen and oxygen atoms in total. The van der Waals surface area contributed by atoms with E-state index in [0.29, 0.717) is 12.6 Å². The third kappa shape index (κ3) is 5.39. The molecule has 140 valence electrons. The summed E-state index contributed by atoms with van der Waals surface area (Å²) < 4.78 is 5.78. The lowest BCUT2D eigenvalue weighted by Crippen LogP contribution is -2.49. The second-order valence-corrected chi connectivity index (χ2v) is 7.45. The molecule has 0 radical (unpaired) electrons. The van der Waals surface area contributed by atoms with Crippen LogP contribution in [0.3, 0.4) is 0 Å². The zero-order valence-electron chi connectivity index (χ0n) is 15.6. The number of aliphatic imine (C=N–C) groups is 1. The molecule has 2 N–H and O–H groups in total. The normalized spacial score (nSPS) is 15.8. The molecule has 1 aromatic carbocycles. The number of anilines is 1. The monoisotopic (exact) mass is 372 g/mol. The summed E-state index contributed by atoms with van der Waals surface area (Å²) in [6.45, 7) is 5.58. The fourth-order valence-electron chi connectivity index (χ4n) is 3.13. The summed E-state index contributed by atoms with van der Waals surface area (Å²) in [5, 5.41) is 10.4. The molecule has 0 spiro atoms. The number of thiophene rings is 1. The van der Waals surface area contributed by atoms with Crippen LogP contribution in [0.1, 0.15) is 18.4 Å². The summed E-state index contributed by atoms with van der Waals surface area (Å²) in [7, 11) is 1.82. The molecule has 2 heterocycles. The summed E-state index contributed by atoms with van der Waals surface area (Å²) in [6, 6.07) is 12.9. The van der Waals surface area contributed by atoms with Gasteiger partial charge in [-0.1, -0.05) is 12.1 Å². The molecule has 1 fully saturated rings. The van der Waals surface area contributed by atoms with Gasteiger partial charge in [0.25, 0.3) is 0 Å². The third-order valence-electron chi connectivity index (χ3n) is 4.53. The van der Waals surface area contributed by atoms with Gasteiger partial charge in [0.05, 0.1) is 11.5 Å². The van der Waals surface area contributed by atoms with Gasteiger partial charge in [0, 0.05) is 26.2 Å². The summed E-state index contributed by atoms with van der Waals surface area (Å²) in [5.74, 6) is 1.77. The van der Waals surface area contributed by atoms with E-state index in [0.717, 1.165) is 44.2 Å². The highest BCUT2D eigenvalue weighted by atomic mass is 32.1. The number of benzene rings is 1. The van der Waals surface area contributed by atoms with E-state index < -0.39 is 0 Å². The Morgan fingerprint density at radius 3 is 2.81 bits per heavy atom. The van der Waals surface area contributed by atoms with E-state index in [1.807, 2.05) is 30.5 Å². The van der Waals surface area contributed by atoms with Crippen molar-refractivity contribution in [1.82, 2.24) is 10.6 Å². The largest absolute Gasteiger partial charge is 0.492 e. The van der Waals surface area contributed by atoms with Crippen molar-refractivity contribution in [3.63, 3.8) is 0 Å². The predicted molar refractivity (Wildman–Crippen MR) is 111 cm³/mol. The Bertz CT molecular complexity index is 694. The van der Waals surface area contributed by atoms with E-state index in [1.165, 1.54) is 10.6 Å². The van der Waals surface area contributed by atoms with Gasteiger partial charge in [0.2, 0.25) is 0 Å². The molecule has 0 amide bonds. The van der Waals surface area contributed by atoms with Crippen molar-refractivity contribution in [2.24, 2.45) is 4.99 Å². The van der Waals surface area contributed by atoms with E-state index in [1.54, 1.807) is 0 Å². The van der Waals surface area contributed by atoms with Gasteiger partial charge in [-0.25, -0.2) is 0 Å². The van der Waals surface area contributed by atoms with Crippen molar-refractivity contribution >= 4 is 22.3 Å². The number of nitrogens with zero attached hydrogens (tertiary/aromatic N) is 2. The van der Waals surface area contributed by atoms with Crippen LogP contribution < -0.4 is 20.3 Å². The zero-order valence-corrected chi connectivity index (χ0v) is 16.4. The highest BCUT2D eigenvalue weighted by Crippen LogP contribution is 2.24. The number of piperidine rings is 1. The van der Waals surface area contributed by atoms with Crippen LogP contribution in [-0.2, 0) is 0 Å². The molecule has 1 saturated heterocycles. The predicted octanol–water partition coefficient (Wildman–Crippen LogP) is 3.27. The SMILES string of the molecule is CN=C(NCCOc1cccc(C)c1)NC1CCN(c2cccs2)CC1. The Hall–Kier alpha value is -2.21. The zero-order chi connectivity index (χ0) is 18.2. The first-order valence-electron chi connectivity index (χ1n) is 9.19. The van der Waals surface area contributed by atoms with Crippen LogP contribution in [-0.4, -0.2) is 45.3 Å². The lowest BCUT2D eigenvalue weighted by Gasteiger charge is -2.33. The van der Waals surface area contributed by atoms with Crippen molar-refractivity contribution in [1.29, 1.82) is 0 Å². The van der Waals surface area contributed by atoms with Gasteiger partial charge in [0.15, 0.2) is 5.96 Å². The van der Waals surface area contributed by atoms with Gasteiger partial charge < -0.3 is 20.3 Å². The van der Waals surface area contributed by atoms with Crippen LogP contribution in [0.2, 0.25) is 0 Å². The average Bonchev–Trinajstić information content (AvgIpc) is 3.19. The van der Waals surface area contributed by atoms with Crippen LogP contribution in [0.25, 0.3) is 0 Å². The third-order valence-corrected chi connectivity index (χ3v) is 5.46. The highest BCUT2D eigenvalue weighted by molar-refractivity contribution is 7.14. The molecular formula is C20H28N4OS. The van der Waals surface area contributed by atoms with Crippen molar-refractivity contribution in [3.05, 3.63) is 47.3 Å². The Morgan fingerprint density at radius 2 is 2.12 bits per heavy atom. The molecule has 0 unspecified atom stereocenters. The first kappa shape index (κ1) is 18.6. The molecule has 0 aliphatic carbocycles. The van der Waals surface area contributed by atoms with Crippen LogP contribution in [0, 0.1) is 6.92 Å². The molecule has 1 aromatic heterocycles. The van der Waals surface area contributed by atoms with Gasteiger partial charge in [-0.3, -0.25) is 4.99 Å². The van der Waals surface area contributed by atoms with E-state index in [4.69, 9.17) is 4.74 Å². The number of aryl methyl sites for hydroxylation is 1. The molecule has 3 rings (SSSR count). The average molecular weight is 373 g/mol. The lowest BCUT2D eigenvalue weighted by atomic mass is 10.1. The number of ether oxygens (including phenoxy) is 1. The fourth-order valence-corrected chi connectivity index (χ4v) is 3.91. The second-order valence-electron chi connectivity index (χ2n) is 6.52. The maximum Gasteiger partial charge on any atom is 0.191 e. The molecule has 6 heteroatoms. The Balaban J connectivity index is 1.36. The van der Waals surface area contributed by atoms with Gasteiger partial charge in [0.1, 0.15) is 12.4 Å². The lowest BCUT2D eigenvalue weighted by molar-refractivity contribution is 0.321. The topological polar surface area (TPSA) is 48.9 Å². The van der Waals surface area contributed by atoms with Gasteiger partial charge in [-0.2, -0.15) is 0 Å². The van der Waals surface area contributed by atoms with E-state index in [-0.39, 0.29) is 0 Å². The first-order chi connectivity index (χ1) is 12.7. The summed E-state index contributed by atoms with van der Waals surface area (Å²) in [4.78, 5) is 6.80. The standard InChI is InChI=1S/C20H28N4OS/c1-16-5-3-6-18(15-16)25-13-10-22-20(21-2)23-17-8-11-24(12-9-17)19-7-4-14-26-19/h3-7,14-15,17H,8-13H2,1-2H3,(H2,21,22,23). The van der Waals surface area contributed by atoms with Crippen molar-refractivity contribution in [2.45, 2.75) is 25.8 Å². The fraction of sp³-hybridized carbons (Fsp3) is 0.450. The van der Waals surface area contributed by atoms with Crippen LogP contribution in [0.5, 0.6) is 5.75 Å². The van der Waals surface area contributed by atoms with E-state index >= 15 is 0 Å².